The molecule has 0 aromatic rings. The van der Waals surface area contributed by atoms with Crippen LogP contribution in [-0.2, 0) is 14.3 Å². The van der Waals surface area contributed by atoms with Crippen LogP contribution in [0, 0.1) is 0 Å². The Morgan fingerprint density at radius 3 is 2.89 bits per heavy atom. The van der Waals surface area contributed by atoms with Crippen molar-refractivity contribution < 1.29 is 14.3 Å². The Bertz CT molecular complexity index is 239. The zero-order valence-corrected chi connectivity index (χ0v) is 12.0. The maximum absolute atomic E-state index is 11.3. The Kier molecular flexibility index (Phi) is 7.28. The monoisotopic (exact) mass is 257 g/mol. The molecule has 2 atom stereocenters. The standard InChI is InChI=1S/C14H27NO3/c1-4-6-12(2)15(9-8-14(16)17-3)11-13-7-5-10-18-13/h12-13H,4-11H2,1-3H3. The molecule has 0 bridgehead atoms. The summed E-state index contributed by atoms with van der Waals surface area (Å²) in [6.07, 6.45) is 5.46. The molecule has 1 heterocycles. The van der Waals surface area contributed by atoms with E-state index in [2.05, 4.69) is 18.7 Å². The zero-order chi connectivity index (χ0) is 13.4. The van der Waals surface area contributed by atoms with Crippen LogP contribution in [0.3, 0.4) is 0 Å². The molecule has 1 aliphatic rings. The molecule has 1 aliphatic heterocycles. The van der Waals surface area contributed by atoms with Gasteiger partial charge in [0, 0.05) is 25.7 Å². The summed E-state index contributed by atoms with van der Waals surface area (Å²) in [5.74, 6) is -0.129. The Hall–Kier alpha value is -0.610. The van der Waals surface area contributed by atoms with Crippen molar-refractivity contribution in [3.05, 3.63) is 0 Å². The maximum atomic E-state index is 11.3. The largest absolute Gasteiger partial charge is 0.469 e. The van der Waals surface area contributed by atoms with Crippen molar-refractivity contribution in [3.8, 4) is 0 Å². The lowest BCUT2D eigenvalue weighted by Crippen LogP contribution is -2.40. The first-order chi connectivity index (χ1) is 8.67. The van der Waals surface area contributed by atoms with Crippen LogP contribution in [0.2, 0.25) is 0 Å². The second-order valence-electron chi connectivity index (χ2n) is 5.09. The number of methoxy groups -OCH3 is 1. The van der Waals surface area contributed by atoms with E-state index in [9.17, 15) is 4.79 Å². The van der Waals surface area contributed by atoms with Gasteiger partial charge in [-0.05, 0) is 26.2 Å². The number of rotatable bonds is 8. The number of ether oxygens (including phenoxy) is 2. The van der Waals surface area contributed by atoms with Crippen LogP contribution in [0.25, 0.3) is 0 Å². The van der Waals surface area contributed by atoms with E-state index in [1.54, 1.807) is 0 Å². The first kappa shape index (κ1) is 15.4. The quantitative estimate of drug-likeness (QED) is 0.625. The molecule has 2 unspecified atom stereocenters. The molecule has 0 radical (unpaired) electrons. The lowest BCUT2D eigenvalue weighted by molar-refractivity contribution is -0.141. The molecular formula is C14H27NO3. The molecule has 1 rings (SSSR count). The van der Waals surface area contributed by atoms with E-state index < -0.39 is 0 Å². The third kappa shape index (κ3) is 5.36. The molecule has 0 spiro atoms. The zero-order valence-electron chi connectivity index (χ0n) is 12.0. The SMILES string of the molecule is CCCC(C)N(CCC(=O)OC)CC1CCCO1. The molecule has 0 aromatic carbocycles. The molecule has 1 fully saturated rings. The number of nitrogens with zero attached hydrogens (tertiary/aromatic N) is 1. The van der Waals surface area contributed by atoms with Gasteiger partial charge in [-0.25, -0.2) is 0 Å². The molecule has 0 saturated carbocycles. The van der Waals surface area contributed by atoms with Crippen molar-refractivity contribution >= 4 is 5.97 Å². The average Bonchev–Trinajstić information content (AvgIpc) is 2.87. The summed E-state index contributed by atoms with van der Waals surface area (Å²) in [6, 6.07) is 0.504. The van der Waals surface area contributed by atoms with Gasteiger partial charge in [0.1, 0.15) is 0 Å². The van der Waals surface area contributed by atoms with Crippen molar-refractivity contribution in [3.63, 3.8) is 0 Å². The Labute approximate surface area is 111 Å². The van der Waals surface area contributed by atoms with Crippen LogP contribution in [0.4, 0.5) is 0 Å². The van der Waals surface area contributed by atoms with E-state index in [-0.39, 0.29) is 5.97 Å². The first-order valence-corrected chi connectivity index (χ1v) is 7.09. The number of carbonyl (C=O) groups is 1. The van der Waals surface area contributed by atoms with Crippen LogP contribution in [0.1, 0.15) is 46.0 Å². The van der Waals surface area contributed by atoms with Gasteiger partial charge in [-0.15, -0.1) is 0 Å². The molecule has 0 amide bonds. The fourth-order valence-electron chi connectivity index (χ4n) is 2.48. The van der Waals surface area contributed by atoms with Gasteiger partial charge in [0.2, 0.25) is 0 Å². The highest BCUT2D eigenvalue weighted by Gasteiger charge is 2.22. The minimum Gasteiger partial charge on any atom is -0.469 e. The van der Waals surface area contributed by atoms with Crippen molar-refractivity contribution in [2.24, 2.45) is 0 Å². The second-order valence-corrected chi connectivity index (χ2v) is 5.09. The van der Waals surface area contributed by atoms with Gasteiger partial charge in [0.15, 0.2) is 0 Å². The summed E-state index contributed by atoms with van der Waals surface area (Å²) in [6.45, 7) is 7.03. The highest BCUT2D eigenvalue weighted by Crippen LogP contribution is 2.16. The normalized spacial score (nSPS) is 21.2. The van der Waals surface area contributed by atoms with Crippen LogP contribution in [0.5, 0.6) is 0 Å². The van der Waals surface area contributed by atoms with Crippen molar-refractivity contribution in [1.29, 1.82) is 0 Å². The molecule has 106 valence electrons. The molecular weight excluding hydrogens is 230 g/mol. The summed E-state index contributed by atoms with van der Waals surface area (Å²) < 4.78 is 10.4. The van der Waals surface area contributed by atoms with Crippen molar-refractivity contribution in [1.82, 2.24) is 4.90 Å². The lowest BCUT2D eigenvalue weighted by atomic mass is 10.1. The smallest absolute Gasteiger partial charge is 0.306 e. The first-order valence-electron chi connectivity index (χ1n) is 7.09. The maximum Gasteiger partial charge on any atom is 0.306 e. The van der Waals surface area contributed by atoms with E-state index in [4.69, 9.17) is 9.47 Å². The van der Waals surface area contributed by atoms with E-state index >= 15 is 0 Å². The van der Waals surface area contributed by atoms with Crippen molar-refractivity contribution in [2.45, 2.75) is 58.1 Å². The summed E-state index contributed by atoms with van der Waals surface area (Å²) in [4.78, 5) is 13.6. The van der Waals surface area contributed by atoms with Gasteiger partial charge < -0.3 is 9.47 Å². The summed E-state index contributed by atoms with van der Waals surface area (Å²) in [7, 11) is 1.45. The van der Waals surface area contributed by atoms with E-state index in [1.165, 1.54) is 13.5 Å². The van der Waals surface area contributed by atoms with Gasteiger partial charge in [-0.1, -0.05) is 13.3 Å². The molecule has 0 N–H and O–H groups in total. The number of hydrogen-bond acceptors (Lipinski definition) is 4. The minimum absolute atomic E-state index is 0.129. The van der Waals surface area contributed by atoms with Crippen LogP contribution in [0.15, 0.2) is 0 Å². The summed E-state index contributed by atoms with van der Waals surface area (Å²) >= 11 is 0. The second kappa shape index (κ2) is 8.48. The molecule has 4 heteroatoms. The summed E-state index contributed by atoms with van der Waals surface area (Å²) in [5.41, 5.74) is 0. The van der Waals surface area contributed by atoms with Gasteiger partial charge in [0.05, 0.1) is 19.6 Å². The average molecular weight is 257 g/mol. The predicted octanol–water partition coefficient (Wildman–Crippen LogP) is 2.22. The van der Waals surface area contributed by atoms with E-state index in [0.29, 0.717) is 18.6 Å². The molecule has 0 aromatic heterocycles. The highest BCUT2D eigenvalue weighted by molar-refractivity contribution is 5.69. The number of hydrogen-bond donors (Lipinski definition) is 0. The van der Waals surface area contributed by atoms with Gasteiger partial charge in [-0.2, -0.15) is 0 Å². The lowest BCUT2D eigenvalue weighted by Gasteiger charge is -2.30. The molecule has 1 saturated heterocycles. The number of esters is 1. The Morgan fingerprint density at radius 2 is 2.33 bits per heavy atom. The Morgan fingerprint density at radius 1 is 1.56 bits per heavy atom. The third-order valence-electron chi connectivity index (χ3n) is 3.62. The predicted molar refractivity (Wildman–Crippen MR) is 71.6 cm³/mol. The van der Waals surface area contributed by atoms with Gasteiger partial charge >= 0.3 is 5.97 Å². The highest BCUT2D eigenvalue weighted by atomic mass is 16.5. The molecule has 0 aliphatic carbocycles. The third-order valence-corrected chi connectivity index (χ3v) is 3.62. The summed E-state index contributed by atoms with van der Waals surface area (Å²) in [5, 5.41) is 0. The minimum atomic E-state index is -0.129. The van der Waals surface area contributed by atoms with Gasteiger partial charge in [0.25, 0.3) is 0 Å². The van der Waals surface area contributed by atoms with E-state index in [0.717, 1.165) is 39.0 Å². The number of carbonyl (C=O) groups excluding carboxylic acids is 1. The van der Waals surface area contributed by atoms with Crippen LogP contribution in [-0.4, -0.2) is 49.8 Å². The molecule has 18 heavy (non-hydrogen) atoms. The van der Waals surface area contributed by atoms with Gasteiger partial charge in [-0.3, -0.25) is 9.69 Å². The van der Waals surface area contributed by atoms with Crippen molar-refractivity contribution in [2.75, 3.05) is 26.8 Å². The van der Waals surface area contributed by atoms with Crippen LogP contribution < -0.4 is 0 Å². The fourth-order valence-corrected chi connectivity index (χ4v) is 2.48. The van der Waals surface area contributed by atoms with Crippen LogP contribution >= 0.6 is 0 Å². The molecule has 4 nitrogen and oxygen atoms in total. The Balaban J connectivity index is 2.42. The topological polar surface area (TPSA) is 38.8 Å². The van der Waals surface area contributed by atoms with E-state index in [1.807, 2.05) is 0 Å². The fraction of sp³-hybridized carbons (Fsp3) is 0.929.